The van der Waals surface area contributed by atoms with E-state index in [1.807, 2.05) is 6.08 Å². The first kappa shape index (κ1) is 68.3. The molecule has 0 spiro atoms. The third-order valence-corrected chi connectivity index (χ3v) is 14.6. The second kappa shape index (κ2) is 59.9. The molecule has 0 heterocycles. The number of aliphatic hydroxyl groups excluding tert-OH is 3. The first-order valence-electron chi connectivity index (χ1n) is 31.4. The zero-order valence-electron chi connectivity index (χ0n) is 47.2. The number of unbranched alkanes of at least 4 members (excludes halogenated alkanes) is 43. The van der Waals surface area contributed by atoms with Crippen molar-refractivity contribution >= 4 is 5.91 Å². The van der Waals surface area contributed by atoms with Gasteiger partial charge in [0.25, 0.3) is 0 Å². The van der Waals surface area contributed by atoms with Crippen LogP contribution >= 0.6 is 0 Å². The largest absolute Gasteiger partial charge is 0.394 e. The van der Waals surface area contributed by atoms with Crippen LogP contribution in [0.1, 0.15) is 335 Å². The van der Waals surface area contributed by atoms with Crippen LogP contribution in [0.5, 0.6) is 0 Å². The molecule has 3 unspecified atom stereocenters. The fraction of sp³-hybridized carbons (Fsp3) is 0.862. The summed E-state index contributed by atoms with van der Waals surface area (Å²) in [6.45, 7) is 4.22. The van der Waals surface area contributed by atoms with Gasteiger partial charge < -0.3 is 20.6 Å². The molecule has 0 aliphatic rings. The molecule has 0 rings (SSSR count). The summed E-state index contributed by atoms with van der Waals surface area (Å²) >= 11 is 0. The van der Waals surface area contributed by atoms with Gasteiger partial charge in [0, 0.05) is 0 Å². The molecule has 5 heteroatoms. The Hall–Kier alpha value is -1.69. The van der Waals surface area contributed by atoms with E-state index in [1.165, 1.54) is 270 Å². The van der Waals surface area contributed by atoms with Gasteiger partial charge in [-0.15, -0.1) is 0 Å². The first-order valence-corrected chi connectivity index (χ1v) is 31.4. The van der Waals surface area contributed by atoms with E-state index < -0.39 is 18.2 Å². The van der Waals surface area contributed by atoms with Crippen LogP contribution in [0.25, 0.3) is 0 Å². The summed E-state index contributed by atoms with van der Waals surface area (Å²) in [5.41, 5.74) is 0. The van der Waals surface area contributed by atoms with Crippen LogP contribution in [0.2, 0.25) is 0 Å². The standard InChI is InChI=1S/C65H123NO4/c1-3-5-7-9-11-13-15-17-19-21-23-24-25-26-27-28-29-30-31-32-33-34-35-36-37-38-39-40-41-42-44-46-48-50-52-54-56-58-62(68)60-65(70)66-63(61-67)64(69)59-57-55-53-51-49-47-45-43-22-20-18-16-14-12-10-8-6-4-2/h22,32-33,43,49,51,57,59,62-64,67-69H,3-21,23-31,34-42,44-48,50,52-56,58,60-61H2,1-2H3,(H,66,70)/b33-32-,43-22+,51-49+,59-57+. The van der Waals surface area contributed by atoms with Crippen molar-refractivity contribution in [1.82, 2.24) is 5.32 Å². The molecule has 0 saturated heterocycles. The topological polar surface area (TPSA) is 89.8 Å². The molecule has 1 amide bonds. The minimum absolute atomic E-state index is 0.00338. The van der Waals surface area contributed by atoms with Crippen molar-refractivity contribution in [2.45, 2.75) is 353 Å². The summed E-state index contributed by atoms with van der Waals surface area (Å²) in [6, 6.07) is -0.769. The molecule has 0 radical (unpaired) electrons. The number of hydrogen-bond donors (Lipinski definition) is 4. The Balaban J connectivity index is 3.51. The van der Waals surface area contributed by atoms with E-state index in [1.54, 1.807) is 6.08 Å². The van der Waals surface area contributed by atoms with Gasteiger partial charge in [-0.25, -0.2) is 0 Å². The molecule has 412 valence electrons. The molecule has 70 heavy (non-hydrogen) atoms. The van der Waals surface area contributed by atoms with Crippen molar-refractivity contribution in [3.63, 3.8) is 0 Å². The van der Waals surface area contributed by atoms with Crippen molar-refractivity contribution in [1.29, 1.82) is 0 Å². The minimum Gasteiger partial charge on any atom is -0.394 e. The smallest absolute Gasteiger partial charge is 0.222 e. The number of carbonyl (C=O) groups excluding carboxylic acids is 1. The molecule has 0 aliphatic heterocycles. The number of amides is 1. The minimum atomic E-state index is -0.961. The summed E-state index contributed by atoms with van der Waals surface area (Å²) in [5.74, 6) is -0.326. The highest BCUT2D eigenvalue weighted by Gasteiger charge is 2.20. The monoisotopic (exact) mass is 982 g/mol. The third kappa shape index (κ3) is 55.6. The lowest BCUT2D eigenvalue weighted by molar-refractivity contribution is -0.124. The van der Waals surface area contributed by atoms with Gasteiger partial charge in [-0.1, -0.05) is 306 Å². The van der Waals surface area contributed by atoms with Crippen LogP contribution in [0.4, 0.5) is 0 Å². The van der Waals surface area contributed by atoms with E-state index in [9.17, 15) is 20.1 Å². The fourth-order valence-corrected chi connectivity index (χ4v) is 9.78. The van der Waals surface area contributed by atoms with Crippen molar-refractivity contribution in [3.8, 4) is 0 Å². The molecule has 5 nitrogen and oxygen atoms in total. The average molecular weight is 983 g/mol. The molecule has 0 fully saturated rings. The Kier molecular flexibility index (Phi) is 58.4. The van der Waals surface area contributed by atoms with Gasteiger partial charge in [-0.2, -0.15) is 0 Å². The van der Waals surface area contributed by atoms with Crippen LogP contribution in [-0.4, -0.2) is 46.1 Å². The molecule has 0 aliphatic carbocycles. The van der Waals surface area contributed by atoms with Gasteiger partial charge >= 0.3 is 0 Å². The number of allylic oxidation sites excluding steroid dienone is 7. The van der Waals surface area contributed by atoms with Gasteiger partial charge in [0.15, 0.2) is 0 Å². The van der Waals surface area contributed by atoms with Gasteiger partial charge in [-0.3, -0.25) is 4.79 Å². The Bertz CT molecular complexity index is 1130. The zero-order valence-corrected chi connectivity index (χ0v) is 47.2. The number of aliphatic hydroxyl groups is 3. The lowest BCUT2D eigenvalue weighted by Gasteiger charge is -2.21. The Morgan fingerprint density at radius 1 is 0.357 bits per heavy atom. The van der Waals surface area contributed by atoms with E-state index >= 15 is 0 Å². The van der Waals surface area contributed by atoms with Gasteiger partial charge in [-0.05, 0) is 70.6 Å². The number of nitrogens with one attached hydrogen (secondary N) is 1. The van der Waals surface area contributed by atoms with Crippen molar-refractivity contribution in [2.75, 3.05) is 6.61 Å². The highest BCUT2D eigenvalue weighted by atomic mass is 16.3. The van der Waals surface area contributed by atoms with Gasteiger partial charge in [0.05, 0.1) is 31.3 Å². The Morgan fingerprint density at radius 3 is 0.914 bits per heavy atom. The van der Waals surface area contributed by atoms with Crippen LogP contribution in [0, 0.1) is 0 Å². The number of carbonyl (C=O) groups is 1. The predicted octanol–water partition coefficient (Wildman–Crippen LogP) is 20.0. The average Bonchev–Trinajstić information content (AvgIpc) is 3.36. The van der Waals surface area contributed by atoms with Crippen molar-refractivity contribution in [3.05, 3.63) is 48.6 Å². The molecule has 0 aromatic rings. The summed E-state index contributed by atoms with van der Waals surface area (Å²) in [5, 5.41) is 33.4. The van der Waals surface area contributed by atoms with Crippen LogP contribution in [-0.2, 0) is 4.79 Å². The predicted molar refractivity (Wildman–Crippen MR) is 310 cm³/mol. The van der Waals surface area contributed by atoms with E-state index in [0.717, 1.165) is 38.5 Å². The van der Waals surface area contributed by atoms with E-state index in [-0.39, 0.29) is 18.9 Å². The molecule has 3 atom stereocenters. The lowest BCUT2D eigenvalue weighted by Crippen LogP contribution is -2.45. The maximum absolute atomic E-state index is 12.5. The summed E-state index contributed by atoms with van der Waals surface area (Å²) < 4.78 is 0. The van der Waals surface area contributed by atoms with Gasteiger partial charge in [0.2, 0.25) is 5.91 Å². The Morgan fingerprint density at radius 2 is 0.614 bits per heavy atom. The maximum atomic E-state index is 12.5. The zero-order chi connectivity index (χ0) is 50.7. The second-order valence-corrected chi connectivity index (χ2v) is 21.6. The highest BCUT2D eigenvalue weighted by Crippen LogP contribution is 2.18. The molecule has 0 bridgehead atoms. The third-order valence-electron chi connectivity index (χ3n) is 14.6. The van der Waals surface area contributed by atoms with Crippen LogP contribution in [0.3, 0.4) is 0 Å². The first-order chi connectivity index (χ1) is 34.5. The second-order valence-electron chi connectivity index (χ2n) is 21.6. The van der Waals surface area contributed by atoms with Crippen LogP contribution < -0.4 is 5.32 Å². The summed E-state index contributed by atoms with van der Waals surface area (Å²) in [4.78, 5) is 12.5. The fourth-order valence-electron chi connectivity index (χ4n) is 9.78. The van der Waals surface area contributed by atoms with Crippen molar-refractivity contribution < 1.29 is 20.1 Å². The lowest BCUT2D eigenvalue weighted by atomic mass is 10.0. The van der Waals surface area contributed by atoms with E-state index in [0.29, 0.717) is 6.42 Å². The van der Waals surface area contributed by atoms with E-state index in [2.05, 4.69) is 55.6 Å². The molecule has 4 N–H and O–H groups in total. The van der Waals surface area contributed by atoms with Crippen molar-refractivity contribution in [2.24, 2.45) is 0 Å². The molecule has 0 aromatic heterocycles. The summed E-state index contributed by atoms with van der Waals surface area (Å²) in [7, 11) is 0. The SMILES string of the molecule is CCCCCCCCCC/C=C/CC/C=C/CC/C=C/C(O)C(CO)NC(=O)CC(O)CCCCCCCCCCCCCCCCC/C=C\CCCCCCCCCCCCCCCCCCCC. The quantitative estimate of drug-likeness (QED) is 0.0361. The number of hydrogen-bond acceptors (Lipinski definition) is 4. The molecule has 0 saturated carbocycles. The molecular weight excluding hydrogens is 859 g/mol. The van der Waals surface area contributed by atoms with E-state index in [4.69, 9.17) is 0 Å². The summed E-state index contributed by atoms with van der Waals surface area (Å²) in [6.07, 6.45) is 80.6. The molecular formula is C65H123NO4. The molecule has 0 aromatic carbocycles. The number of rotatable bonds is 58. The van der Waals surface area contributed by atoms with Crippen LogP contribution in [0.15, 0.2) is 48.6 Å². The van der Waals surface area contributed by atoms with Gasteiger partial charge in [0.1, 0.15) is 0 Å². The maximum Gasteiger partial charge on any atom is 0.222 e. The Labute approximate surface area is 437 Å². The normalized spacial score (nSPS) is 13.5. The highest BCUT2D eigenvalue weighted by molar-refractivity contribution is 5.76.